The van der Waals surface area contributed by atoms with Gasteiger partial charge in [-0.3, -0.25) is 4.79 Å². The highest BCUT2D eigenvalue weighted by Gasteiger charge is 2.18. The van der Waals surface area contributed by atoms with Gasteiger partial charge in [0.05, 0.1) is 11.2 Å². The van der Waals surface area contributed by atoms with Crippen molar-refractivity contribution in [3.05, 3.63) is 78.9 Å². The molecule has 0 radical (unpaired) electrons. The maximum Gasteiger partial charge on any atom is 0.257 e. The fraction of sp³-hybridized carbons (Fsp3) is 0.273. The molecule has 2 aromatic carbocycles. The second-order valence-electron chi connectivity index (χ2n) is 7.02. The number of hydrogen-bond acceptors (Lipinski definition) is 5. The van der Waals surface area contributed by atoms with Crippen LogP contribution in [0.3, 0.4) is 0 Å². The topological polar surface area (TPSA) is 102 Å². The predicted octanol–water partition coefficient (Wildman–Crippen LogP) is 2.51. The molecular weight excluding hydrogens is 416 g/mol. The Bertz CT molecular complexity index is 1050. The average Bonchev–Trinajstić information content (AvgIpc) is 3.29. The normalized spacial score (nSPS) is 12.3. The molecule has 0 aliphatic heterocycles. The van der Waals surface area contributed by atoms with E-state index in [4.69, 9.17) is 4.74 Å². The number of ether oxygens (including phenoxy) is 1. The summed E-state index contributed by atoms with van der Waals surface area (Å²) in [6.07, 6.45) is 6.09. The van der Waals surface area contributed by atoms with Gasteiger partial charge in [0.15, 0.2) is 6.61 Å². The van der Waals surface area contributed by atoms with Gasteiger partial charge in [0.25, 0.3) is 5.91 Å². The summed E-state index contributed by atoms with van der Waals surface area (Å²) in [5.41, 5.74) is 0.877. The van der Waals surface area contributed by atoms with Gasteiger partial charge in [-0.2, -0.15) is 0 Å². The Balaban J connectivity index is 1.44. The van der Waals surface area contributed by atoms with Gasteiger partial charge < -0.3 is 14.6 Å². The molecule has 0 unspecified atom stereocenters. The number of nitrogens with one attached hydrogen (secondary N) is 2. The number of carbonyl (C=O) groups excluding carboxylic acids is 1. The first-order valence-electron chi connectivity index (χ1n) is 9.96. The molecule has 0 spiro atoms. The smallest absolute Gasteiger partial charge is 0.257 e. The van der Waals surface area contributed by atoms with Crippen LogP contribution in [0.15, 0.2) is 78.2 Å². The number of sulfonamides is 1. The molecule has 1 amide bonds. The summed E-state index contributed by atoms with van der Waals surface area (Å²) in [5.74, 6) is 0.185. The Morgan fingerprint density at radius 1 is 1.13 bits per heavy atom. The lowest BCUT2D eigenvalue weighted by Crippen LogP contribution is -2.30. The van der Waals surface area contributed by atoms with Crippen molar-refractivity contribution in [1.82, 2.24) is 19.6 Å². The minimum atomic E-state index is -3.68. The number of benzene rings is 2. The van der Waals surface area contributed by atoms with E-state index in [2.05, 4.69) is 15.0 Å². The molecule has 31 heavy (non-hydrogen) atoms. The molecule has 3 aromatic rings. The van der Waals surface area contributed by atoms with Crippen LogP contribution in [0.25, 0.3) is 0 Å². The van der Waals surface area contributed by atoms with Crippen LogP contribution < -0.4 is 14.8 Å². The van der Waals surface area contributed by atoms with Crippen molar-refractivity contribution < 1.29 is 17.9 Å². The monoisotopic (exact) mass is 442 g/mol. The third-order valence-corrected chi connectivity index (χ3v) is 6.17. The molecule has 1 heterocycles. The zero-order valence-electron chi connectivity index (χ0n) is 17.3. The Labute approximate surface area is 182 Å². The lowest BCUT2D eigenvalue weighted by atomic mass is 10.1. The van der Waals surface area contributed by atoms with Crippen molar-refractivity contribution in [3.8, 4) is 5.75 Å². The Hall–Kier alpha value is -3.17. The molecule has 164 valence electrons. The number of rotatable bonds is 11. The van der Waals surface area contributed by atoms with Crippen LogP contribution in [0, 0.1) is 0 Å². The number of aryl methyl sites for hydroxylation is 1. The largest absolute Gasteiger partial charge is 0.484 e. The van der Waals surface area contributed by atoms with Crippen LogP contribution in [0.1, 0.15) is 24.9 Å². The van der Waals surface area contributed by atoms with Gasteiger partial charge in [0, 0.05) is 31.5 Å². The van der Waals surface area contributed by atoms with E-state index in [1.807, 2.05) is 41.1 Å². The zero-order valence-corrected chi connectivity index (χ0v) is 18.1. The highest BCUT2D eigenvalue weighted by Crippen LogP contribution is 2.19. The molecule has 2 N–H and O–H groups in total. The van der Waals surface area contributed by atoms with E-state index in [0.29, 0.717) is 12.3 Å². The molecule has 0 bridgehead atoms. The molecule has 1 atom stereocenters. The highest BCUT2D eigenvalue weighted by atomic mass is 32.2. The van der Waals surface area contributed by atoms with Gasteiger partial charge in [-0.15, -0.1) is 0 Å². The molecule has 1 aromatic heterocycles. The third-order valence-electron chi connectivity index (χ3n) is 4.61. The van der Waals surface area contributed by atoms with E-state index in [0.717, 1.165) is 18.5 Å². The maximum atomic E-state index is 12.6. The van der Waals surface area contributed by atoms with Gasteiger partial charge in [-0.05, 0) is 43.2 Å². The number of amides is 1. The van der Waals surface area contributed by atoms with Crippen LogP contribution in [0.5, 0.6) is 5.75 Å². The van der Waals surface area contributed by atoms with E-state index >= 15 is 0 Å². The number of aromatic nitrogens is 2. The molecular formula is C22H26N4O4S. The molecule has 0 saturated heterocycles. The summed E-state index contributed by atoms with van der Waals surface area (Å²) in [6, 6.07) is 15.0. The fourth-order valence-electron chi connectivity index (χ4n) is 2.93. The fourth-order valence-corrected chi connectivity index (χ4v) is 4.17. The Morgan fingerprint density at radius 2 is 1.87 bits per heavy atom. The standard InChI is InChI=1S/C22H26N4O4S/c1-18(19-6-3-2-4-7-19)25-31(28,29)21-10-8-20(9-11-21)30-16-22(27)24-12-5-14-26-15-13-23-17-26/h2-4,6-11,13,15,17-18,25H,5,12,14,16H2,1H3,(H,24,27)/t18-/m1/s1. The number of hydrogen-bond donors (Lipinski definition) is 2. The second kappa shape index (κ2) is 10.7. The maximum absolute atomic E-state index is 12.6. The van der Waals surface area contributed by atoms with Gasteiger partial charge in [-0.1, -0.05) is 30.3 Å². The minimum absolute atomic E-state index is 0.131. The van der Waals surface area contributed by atoms with E-state index in [9.17, 15) is 13.2 Å². The van der Waals surface area contributed by atoms with E-state index < -0.39 is 10.0 Å². The molecule has 0 aliphatic carbocycles. The summed E-state index contributed by atoms with van der Waals surface area (Å²) in [6.45, 7) is 2.95. The van der Waals surface area contributed by atoms with Crippen LogP contribution in [-0.4, -0.2) is 37.0 Å². The van der Waals surface area contributed by atoms with Gasteiger partial charge in [-0.25, -0.2) is 18.1 Å². The summed E-state index contributed by atoms with van der Waals surface area (Å²) in [4.78, 5) is 16.0. The molecule has 0 fully saturated rings. The number of carbonyl (C=O) groups is 1. The van der Waals surface area contributed by atoms with Crippen molar-refractivity contribution in [2.45, 2.75) is 30.8 Å². The predicted molar refractivity (Wildman–Crippen MR) is 117 cm³/mol. The Kier molecular flexibility index (Phi) is 7.80. The summed E-state index contributed by atoms with van der Waals surface area (Å²) >= 11 is 0. The van der Waals surface area contributed by atoms with E-state index in [1.54, 1.807) is 19.4 Å². The molecule has 0 saturated carbocycles. The minimum Gasteiger partial charge on any atom is -0.484 e. The lowest BCUT2D eigenvalue weighted by molar-refractivity contribution is -0.123. The molecule has 3 rings (SSSR count). The van der Waals surface area contributed by atoms with E-state index in [1.165, 1.54) is 24.3 Å². The summed E-state index contributed by atoms with van der Waals surface area (Å²) in [7, 11) is -3.68. The SMILES string of the molecule is C[C@@H](NS(=O)(=O)c1ccc(OCC(=O)NCCCn2ccnc2)cc1)c1ccccc1. The highest BCUT2D eigenvalue weighted by molar-refractivity contribution is 7.89. The van der Waals surface area contributed by atoms with Crippen LogP contribution in [0.2, 0.25) is 0 Å². The molecule has 9 heteroatoms. The van der Waals surface area contributed by atoms with Gasteiger partial charge >= 0.3 is 0 Å². The third kappa shape index (κ3) is 6.94. The van der Waals surface area contributed by atoms with Gasteiger partial charge in [0.1, 0.15) is 5.75 Å². The first kappa shape index (κ1) is 22.5. The summed E-state index contributed by atoms with van der Waals surface area (Å²) < 4.78 is 35.3. The first-order chi connectivity index (χ1) is 14.9. The first-order valence-corrected chi connectivity index (χ1v) is 11.4. The second-order valence-corrected chi connectivity index (χ2v) is 8.73. The van der Waals surface area contributed by atoms with Crippen molar-refractivity contribution in [2.24, 2.45) is 0 Å². The van der Waals surface area contributed by atoms with Crippen LogP contribution >= 0.6 is 0 Å². The van der Waals surface area contributed by atoms with Crippen LogP contribution in [0.4, 0.5) is 0 Å². The van der Waals surface area contributed by atoms with Crippen molar-refractivity contribution >= 4 is 15.9 Å². The lowest BCUT2D eigenvalue weighted by Gasteiger charge is -2.15. The number of nitrogens with zero attached hydrogens (tertiary/aromatic N) is 2. The van der Waals surface area contributed by atoms with Crippen molar-refractivity contribution in [3.63, 3.8) is 0 Å². The quantitative estimate of drug-likeness (QED) is 0.444. The number of imidazole rings is 1. The van der Waals surface area contributed by atoms with Crippen molar-refractivity contribution in [2.75, 3.05) is 13.2 Å². The van der Waals surface area contributed by atoms with Crippen molar-refractivity contribution in [1.29, 1.82) is 0 Å². The molecule has 8 nitrogen and oxygen atoms in total. The Morgan fingerprint density at radius 3 is 2.55 bits per heavy atom. The average molecular weight is 443 g/mol. The molecule has 0 aliphatic rings. The zero-order chi connectivity index (χ0) is 22.1. The van der Waals surface area contributed by atoms with Gasteiger partial charge in [0.2, 0.25) is 10.0 Å². The van der Waals surface area contributed by atoms with Crippen LogP contribution in [-0.2, 0) is 21.4 Å². The van der Waals surface area contributed by atoms with E-state index in [-0.39, 0.29) is 23.5 Å². The summed E-state index contributed by atoms with van der Waals surface area (Å²) in [5, 5.41) is 2.78.